The fourth-order valence-corrected chi connectivity index (χ4v) is 3.36. The van der Waals surface area contributed by atoms with Gasteiger partial charge in [0.2, 0.25) is 0 Å². The second-order valence-electron chi connectivity index (χ2n) is 4.22. The third-order valence-electron chi connectivity index (χ3n) is 2.73. The maximum Gasteiger partial charge on any atom is 0.174 e. The van der Waals surface area contributed by atoms with Crippen molar-refractivity contribution in [3.63, 3.8) is 0 Å². The molecule has 6 heteroatoms. The summed E-state index contributed by atoms with van der Waals surface area (Å²) in [5.74, 6) is 0. The topological polar surface area (TPSA) is 37.8 Å². The highest BCUT2D eigenvalue weighted by Gasteiger charge is 2.20. The van der Waals surface area contributed by atoms with Crippen molar-refractivity contribution in [1.82, 2.24) is 14.7 Å². The molecule has 0 bridgehead atoms. The Hall–Kier alpha value is -0.620. The molecule has 1 aromatic heterocycles. The predicted molar refractivity (Wildman–Crippen MR) is 75.3 cm³/mol. The van der Waals surface area contributed by atoms with Crippen LogP contribution in [0.1, 0.15) is 18.4 Å². The van der Waals surface area contributed by atoms with Crippen LogP contribution in [0.3, 0.4) is 0 Å². The average molecular weight is 298 g/mol. The Labute approximate surface area is 119 Å². The van der Waals surface area contributed by atoms with Gasteiger partial charge >= 0.3 is 0 Å². The van der Waals surface area contributed by atoms with E-state index in [0.29, 0.717) is 6.04 Å². The Kier molecular flexibility index (Phi) is 3.84. The highest BCUT2D eigenvalue weighted by molar-refractivity contribution is 8.01. The molecule has 0 saturated heterocycles. The van der Waals surface area contributed by atoms with Crippen LogP contribution in [0, 0.1) is 0 Å². The summed E-state index contributed by atoms with van der Waals surface area (Å²) in [6.45, 7) is 0.854. The molecule has 1 fully saturated rings. The van der Waals surface area contributed by atoms with Crippen molar-refractivity contribution >= 4 is 34.9 Å². The maximum atomic E-state index is 6.29. The minimum Gasteiger partial charge on any atom is -0.310 e. The molecule has 0 unspecified atom stereocenters. The largest absolute Gasteiger partial charge is 0.310 e. The molecule has 0 spiro atoms. The molecule has 0 atom stereocenters. The Balaban J connectivity index is 1.67. The molecule has 0 amide bonds. The zero-order valence-corrected chi connectivity index (χ0v) is 12.0. The summed E-state index contributed by atoms with van der Waals surface area (Å²) in [5.41, 5.74) is 1.16. The molecule has 18 heavy (non-hydrogen) atoms. The van der Waals surface area contributed by atoms with Crippen molar-refractivity contribution in [2.45, 2.75) is 34.7 Å². The lowest BCUT2D eigenvalue weighted by Gasteiger charge is -2.07. The van der Waals surface area contributed by atoms with Crippen LogP contribution in [-0.2, 0) is 6.54 Å². The molecular formula is C12H12ClN3S2. The maximum absolute atomic E-state index is 6.29. The van der Waals surface area contributed by atoms with Crippen LogP contribution in [0.15, 0.2) is 33.8 Å². The van der Waals surface area contributed by atoms with Crippen LogP contribution >= 0.6 is 34.9 Å². The first-order valence-corrected chi connectivity index (χ1v) is 7.74. The number of halogens is 1. The van der Waals surface area contributed by atoms with Crippen LogP contribution in [0.2, 0.25) is 5.02 Å². The highest BCUT2D eigenvalue weighted by Crippen LogP contribution is 2.31. The van der Waals surface area contributed by atoms with Crippen molar-refractivity contribution < 1.29 is 0 Å². The van der Waals surface area contributed by atoms with E-state index >= 15 is 0 Å². The van der Waals surface area contributed by atoms with Gasteiger partial charge in [-0.1, -0.05) is 29.4 Å². The molecule has 1 heterocycles. The summed E-state index contributed by atoms with van der Waals surface area (Å²) >= 11 is 9.28. The Morgan fingerprint density at radius 1 is 1.44 bits per heavy atom. The summed E-state index contributed by atoms with van der Waals surface area (Å²) in [6.07, 6.45) is 4.16. The number of nitrogens with one attached hydrogen (secondary N) is 1. The quantitative estimate of drug-likeness (QED) is 0.915. The van der Waals surface area contributed by atoms with Gasteiger partial charge in [0.1, 0.15) is 6.33 Å². The molecule has 3 rings (SSSR count). The van der Waals surface area contributed by atoms with Gasteiger partial charge < -0.3 is 5.32 Å². The van der Waals surface area contributed by atoms with E-state index in [2.05, 4.69) is 26.8 Å². The Morgan fingerprint density at radius 2 is 2.33 bits per heavy atom. The van der Waals surface area contributed by atoms with Crippen LogP contribution in [0.4, 0.5) is 0 Å². The summed E-state index contributed by atoms with van der Waals surface area (Å²) in [5, 5.41) is 4.28. The normalized spacial score (nSPS) is 14.9. The summed E-state index contributed by atoms with van der Waals surface area (Å²) in [6, 6.07) is 6.87. The monoisotopic (exact) mass is 297 g/mol. The van der Waals surface area contributed by atoms with Gasteiger partial charge in [0.25, 0.3) is 0 Å². The van der Waals surface area contributed by atoms with E-state index in [1.165, 1.54) is 24.4 Å². The van der Waals surface area contributed by atoms with Gasteiger partial charge in [-0.3, -0.25) is 0 Å². The van der Waals surface area contributed by atoms with Gasteiger partial charge in [-0.2, -0.15) is 4.37 Å². The molecule has 3 nitrogen and oxygen atoms in total. The fraction of sp³-hybridized carbons (Fsp3) is 0.333. The van der Waals surface area contributed by atoms with Crippen molar-refractivity contribution in [3.05, 3.63) is 35.1 Å². The van der Waals surface area contributed by atoms with Crippen LogP contribution in [-0.4, -0.2) is 15.4 Å². The lowest BCUT2D eigenvalue weighted by molar-refractivity contribution is 0.687. The van der Waals surface area contributed by atoms with E-state index in [-0.39, 0.29) is 0 Å². The first-order chi connectivity index (χ1) is 8.81. The van der Waals surface area contributed by atoms with Crippen LogP contribution in [0.5, 0.6) is 0 Å². The van der Waals surface area contributed by atoms with Gasteiger partial charge in [-0.25, -0.2) is 4.98 Å². The average Bonchev–Trinajstić information content (AvgIpc) is 3.05. The third kappa shape index (κ3) is 3.23. The molecule has 1 saturated carbocycles. The zero-order chi connectivity index (χ0) is 12.4. The van der Waals surface area contributed by atoms with Gasteiger partial charge in [-0.05, 0) is 42.1 Å². The lowest BCUT2D eigenvalue weighted by Crippen LogP contribution is -2.15. The molecule has 1 aliphatic rings. The first kappa shape index (κ1) is 12.4. The number of hydrogen-bond acceptors (Lipinski definition) is 5. The molecule has 94 valence electrons. The van der Waals surface area contributed by atoms with Gasteiger partial charge in [-0.15, -0.1) is 0 Å². The highest BCUT2D eigenvalue weighted by atomic mass is 35.5. The Morgan fingerprint density at radius 3 is 3.00 bits per heavy atom. The van der Waals surface area contributed by atoms with E-state index < -0.39 is 0 Å². The standard InChI is InChI=1S/C12H12ClN3S2/c13-11-5-10(17-12-15-7-16-18-12)4-1-8(11)6-14-9-2-3-9/h1,4-5,7,9,14H,2-3,6H2. The van der Waals surface area contributed by atoms with Gasteiger partial charge in [0.15, 0.2) is 4.34 Å². The van der Waals surface area contributed by atoms with Gasteiger partial charge in [0, 0.05) is 22.5 Å². The molecular weight excluding hydrogens is 286 g/mol. The molecule has 0 aliphatic heterocycles. The summed E-state index contributed by atoms with van der Waals surface area (Å²) in [7, 11) is 0. The molecule has 1 aliphatic carbocycles. The first-order valence-electron chi connectivity index (χ1n) is 5.77. The number of hydrogen-bond donors (Lipinski definition) is 1. The number of benzene rings is 1. The second-order valence-corrected chi connectivity index (χ2v) is 6.73. The van der Waals surface area contributed by atoms with Crippen molar-refractivity contribution in [2.24, 2.45) is 0 Å². The van der Waals surface area contributed by atoms with E-state index in [0.717, 1.165) is 26.4 Å². The number of aromatic nitrogens is 2. The molecule has 2 aromatic rings. The minimum absolute atomic E-state index is 0.705. The van der Waals surface area contributed by atoms with Crippen molar-refractivity contribution in [1.29, 1.82) is 0 Å². The van der Waals surface area contributed by atoms with Crippen molar-refractivity contribution in [3.8, 4) is 0 Å². The number of nitrogens with zero attached hydrogens (tertiary/aromatic N) is 2. The van der Waals surface area contributed by atoms with Crippen LogP contribution < -0.4 is 5.32 Å². The van der Waals surface area contributed by atoms with E-state index in [9.17, 15) is 0 Å². The third-order valence-corrected chi connectivity index (χ3v) is 4.79. The van der Waals surface area contributed by atoms with Crippen molar-refractivity contribution in [2.75, 3.05) is 0 Å². The predicted octanol–water partition coefficient (Wildman–Crippen LogP) is 3.59. The lowest BCUT2D eigenvalue weighted by atomic mass is 10.2. The summed E-state index contributed by atoms with van der Waals surface area (Å²) < 4.78 is 4.92. The fourth-order valence-electron chi connectivity index (χ4n) is 1.59. The molecule has 0 radical (unpaired) electrons. The second kappa shape index (κ2) is 5.57. The van der Waals surface area contributed by atoms with E-state index in [4.69, 9.17) is 11.6 Å². The summed E-state index contributed by atoms with van der Waals surface area (Å²) in [4.78, 5) is 5.25. The van der Waals surface area contributed by atoms with E-state index in [1.807, 2.05) is 6.07 Å². The van der Waals surface area contributed by atoms with E-state index in [1.54, 1.807) is 18.1 Å². The SMILES string of the molecule is Clc1cc(Sc2ncns2)ccc1CNC1CC1. The zero-order valence-electron chi connectivity index (χ0n) is 9.60. The molecule has 1 N–H and O–H groups in total. The molecule has 1 aromatic carbocycles. The number of rotatable bonds is 5. The van der Waals surface area contributed by atoms with Gasteiger partial charge in [0.05, 0.1) is 0 Å². The minimum atomic E-state index is 0.705. The smallest absolute Gasteiger partial charge is 0.174 e. The Bertz CT molecular complexity index is 526. The van der Waals surface area contributed by atoms with Crippen LogP contribution in [0.25, 0.3) is 0 Å².